The van der Waals surface area contributed by atoms with E-state index >= 15 is 0 Å². The number of fused-ring (bicyclic) bond motifs is 1. The summed E-state index contributed by atoms with van der Waals surface area (Å²) in [5.41, 5.74) is 2.63. The Labute approximate surface area is 197 Å². The van der Waals surface area contributed by atoms with Gasteiger partial charge in [0.1, 0.15) is 12.4 Å². The van der Waals surface area contributed by atoms with Gasteiger partial charge >= 0.3 is 5.69 Å². The SMILES string of the molecule is Cc1cccc(C)c1-n1c(=O)n(C[C@H]2CCCO2)c(=O)c2c1ncn2CCOc1ccccc1. The third kappa shape index (κ3) is 4.05. The summed E-state index contributed by atoms with van der Waals surface area (Å²) >= 11 is 0. The Morgan fingerprint density at radius 2 is 1.82 bits per heavy atom. The molecule has 2 aromatic carbocycles. The average Bonchev–Trinajstić information content (AvgIpc) is 3.49. The molecule has 176 valence electrons. The van der Waals surface area contributed by atoms with Gasteiger partial charge < -0.3 is 14.0 Å². The van der Waals surface area contributed by atoms with Crippen LogP contribution in [0.5, 0.6) is 5.75 Å². The van der Waals surface area contributed by atoms with E-state index in [9.17, 15) is 9.59 Å². The summed E-state index contributed by atoms with van der Waals surface area (Å²) in [5, 5.41) is 0. The van der Waals surface area contributed by atoms with Crippen molar-refractivity contribution in [3.05, 3.63) is 86.8 Å². The van der Waals surface area contributed by atoms with Crippen molar-refractivity contribution < 1.29 is 9.47 Å². The molecule has 3 heterocycles. The van der Waals surface area contributed by atoms with Crippen molar-refractivity contribution in [3.63, 3.8) is 0 Å². The fraction of sp³-hybridized carbons (Fsp3) is 0.346. The first-order valence-electron chi connectivity index (χ1n) is 11.6. The normalized spacial score (nSPS) is 15.8. The number of hydrogen-bond donors (Lipinski definition) is 0. The Bertz CT molecular complexity index is 1410. The molecular weight excluding hydrogens is 432 g/mol. The third-order valence-corrected chi connectivity index (χ3v) is 6.32. The molecule has 34 heavy (non-hydrogen) atoms. The minimum atomic E-state index is -0.392. The number of ether oxygens (including phenoxy) is 2. The van der Waals surface area contributed by atoms with Gasteiger partial charge in [0.2, 0.25) is 0 Å². The van der Waals surface area contributed by atoms with Gasteiger partial charge in [0.15, 0.2) is 11.2 Å². The van der Waals surface area contributed by atoms with Gasteiger partial charge in [-0.2, -0.15) is 0 Å². The molecule has 8 nitrogen and oxygen atoms in total. The van der Waals surface area contributed by atoms with Gasteiger partial charge in [-0.3, -0.25) is 9.36 Å². The van der Waals surface area contributed by atoms with Gasteiger partial charge in [0.25, 0.3) is 5.56 Å². The van der Waals surface area contributed by atoms with Crippen LogP contribution in [0.2, 0.25) is 0 Å². The van der Waals surface area contributed by atoms with Crippen LogP contribution < -0.4 is 16.0 Å². The first-order chi connectivity index (χ1) is 16.5. The number of aromatic nitrogens is 4. The fourth-order valence-corrected chi connectivity index (χ4v) is 4.64. The number of nitrogens with zero attached hydrogens (tertiary/aromatic N) is 4. The molecule has 0 unspecified atom stereocenters. The molecule has 1 aliphatic heterocycles. The minimum Gasteiger partial charge on any atom is -0.492 e. The summed E-state index contributed by atoms with van der Waals surface area (Å²) < 4.78 is 16.2. The van der Waals surface area contributed by atoms with Crippen LogP contribution in [0.25, 0.3) is 16.9 Å². The van der Waals surface area contributed by atoms with E-state index in [1.807, 2.05) is 62.4 Å². The highest BCUT2D eigenvalue weighted by atomic mass is 16.5. The lowest BCUT2D eigenvalue weighted by Crippen LogP contribution is -2.42. The van der Waals surface area contributed by atoms with E-state index < -0.39 is 5.69 Å². The lowest BCUT2D eigenvalue weighted by Gasteiger charge is -2.17. The van der Waals surface area contributed by atoms with E-state index in [4.69, 9.17) is 9.47 Å². The Morgan fingerprint density at radius 3 is 2.53 bits per heavy atom. The summed E-state index contributed by atoms with van der Waals surface area (Å²) in [4.78, 5) is 31.8. The van der Waals surface area contributed by atoms with Gasteiger partial charge in [-0.1, -0.05) is 36.4 Å². The van der Waals surface area contributed by atoms with Gasteiger partial charge in [-0.05, 0) is 49.9 Å². The number of benzene rings is 2. The minimum absolute atomic E-state index is 0.146. The highest BCUT2D eigenvalue weighted by Crippen LogP contribution is 2.21. The quantitative estimate of drug-likeness (QED) is 0.423. The zero-order valence-electron chi connectivity index (χ0n) is 19.4. The first kappa shape index (κ1) is 22.2. The lowest BCUT2D eigenvalue weighted by atomic mass is 10.1. The maximum atomic E-state index is 13.7. The number of imidazole rings is 1. The van der Waals surface area contributed by atoms with Crippen LogP contribution in [0.15, 0.2) is 64.4 Å². The zero-order valence-corrected chi connectivity index (χ0v) is 19.4. The predicted octanol–water partition coefficient (Wildman–Crippen LogP) is 3.22. The maximum Gasteiger partial charge on any atom is 0.337 e. The van der Waals surface area contributed by atoms with Crippen LogP contribution in [0.1, 0.15) is 24.0 Å². The van der Waals surface area contributed by atoms with Crippen molar-refractivity contribution in [1.29, 1.82) is 0 Å². The summed E-state index contributed by atoms with van der Waals surface area (Å²) in [6.07, 6.45) is 3.23. The fourth-order valence-electron chi connectivity index (χ4n) is 4.64. The summed E-state index contributed by atoms with van der Waals surface area (Å²) in [6.45, 7) is 5.59. The second-order valence-electron chi connectivity index (χ2n) is 8.68. The second kappa shape index (κ2) is 9.30. The van der Waals surface area contributed by atoms with Crippen molar-refractivity contribution in [1.82, 2.24) is 18.7 Å². The van der Waals surface area contributed by atoms with Crippen LogP contribution in [0.3, 0.4) is 0 Å². The van der Waals surface area contributed by atoms with Gasteiger partial charge in [0.05, 0.1) is 31.2 Å². The van der Waals surface area contributed by atoms with Gasteiger partial charge in [-0.25, -0.2) is 14.3 Å². The van der Waals surface area contributed by atoms with Crippen LogP contribution >= 0.6 is 0 Å². The van der Waals surface area contributed by atoms with Crippen LogP contribution in [0.4, 0.5) is 0 Å². The van der Waals surface area contributed by atoms with E-state index in [2.05, 4.69) is 4.98 Å². The third-order valence-electron chi connectivity index (χ3n) is 6.32. The van der Waals surface area contributed by atoms with Crippen molar-refractivity contribution in [2.24, 2.45) is 0 Å². The lowest BCUT2D eigenvalue weighted by molar-refractivity contribution is 0.0950. The monoisotopic (exact) mass is 460 g/mol. The Balaban J connectivity index is 1.63. The highest BCUT2D eigenvalue weighted by Gasteiger charge is 2.24. The first-order valence-corrected chi connectivity index (χ1v) is 11.6. The van der Waals surface area contributed by atoms with Gasteiger partial charge in [0, 0.05) is 6.61 Å². The molecule has 4 aromatic rings. The van der Waals surface area contributed by atoms with Crippen molar-refractivity contribution in [2.75, 3.05) is 13.2 Å². The second-order valence-corrected chi connectivity index (χ2v) is 8.68. The summed E-state index contributed by atoms with van der Waals surface area (Å²) in [7, 11) is 0. The van der Waals surface area contributed by atoms with Gasteiger partial charge in [-0.15, -0.1) is 0 Å². The Morgan fingerprint density at radius 1 is 1.06 bits per heavy atom. The predicted molar refractivity (Wildman–Crippen MR) is 130 cm³/mol. The van der Waals surface area contributed by atoms with Crippen molar-refractivity contribution in [2.45, 2.75) is 45.9 Å². The van der Waals surface area contributed by atoms with Crippen LogP contribution in [-0.2, 0) is 17.8 Å². The molecule has 0 bridgehead atoms. The summed E-state index contributed by atoms with van der Waals surface area (Å²) in [5.74, 6) is 0.759. The largest absolute Gasteiger partial charge is 0.492 e. The van der Waals surface area contributed by atoms with Crippen LogP contribution in [0, 0.1) is 13.8 Å². The van der Waals surface area contributed by atoms with E-state index in [0.29, 0.717) is 30.9 Å². The molecule has 1 atom stereocenters. The van der Waals surface area contributed by atoms with Crippen LogP contribution in [-0.4, -0.2) is 38.0 Å². The molecular formula is C26H28N4O4. The molecule has 0 aliphatic carbocycles. The molecule has 5 rings (SSSR count). The average molecular weight is 461 g/mol. The summed E-state index contributed by atoms with van der Waals surface area (Å²) in [6, 6.07) is 15.4. The zero-order chi connectivity index (χ0) is 23.7. The molecule has 8 heteroatoms. The number of para-hydroxylation sites is 2. The molecule has 1 saturated heterocycles. The smallest absolute Gasteiger partial charge is 0.337 e. The molecule has 0 spiro atoms. The van der Waals surface area contributed by atoms with E-state index in [1.165, 1.54) is 4.57 Å². The highest BCUT2D eigenvalue weighted by molar-refractivity contribution is 5.73. The molecule has 0 amide bonds. The van der Waals surface area contributed by atoms with E-state index in [-0.39, 0.29) is 18.2 Å². The molecule has 1 aliphatic rings. The molecule has 0 N–H and O–H groups in total. The topological polar surface area (TPSA) is 80.3 Å². The van der Waals surface area contributed by atoms with Crippen molar-refractivity contribution in [3.8, 4) is 11.4 Å². The molecule has 1 fully saturated rings. The number of hydrogen-bond acceptors (Lipinski definition) is 5. The van der Waals surface area contributed by atoms with Crippen molar-refractivity contribution >= 4 is 11.2 Å². The molecule has 0 saturated carbocycles. The Kier molecular flexibility index (Phi) is 6.06. The van der Waals surface area contributed by atoms with E-state index in [0.717, 1.165) is 35.4 Å². The molecule has 0 radical (unpaired) electrons. The maximum absolute atomic E-state index is 13.7. The van der Waals surface area contributed by atoms with E-state index in [1.54, 1.807) is 15.5 Å². The number of rotatable bonds is 7. The molecule has 2 aromatic heterocycles. The Hall–Kier alpha value is -3.65. The number of aryl methyl sites for hydroxylation is 2. The standard InChI is InChI=1S/C26H28N4O4/c1-18-8-6-9-19(2)22(18)30-24-23(25(31)29(26(30)32)16-21-12-7-14-33-21)28(17-27-24)13-15-34-20-10-4-3-5-11-20/h3-6,8-11,17,21H,7,12-16H2,1-2H3/t21-/m1/s1.